The molecule has 0 bridgehead atoms. The molecule has 0 spiro atoms. The molecule has 6 rings (SSSR count). The monoisotopic (exact) mass is 576 g/mol. The molecule has 11 heteroatoms. The summed E-state index contributed by atoms with van der Waals surface area (Å²) in [5, 5.41) is 22.3. The Morgan fingerprint density at radius 1 is 0.976 bits per heavy atom. The van der Waals surface area contributed by atoms with Gasteiger partial charge in [-0.05, 0) is 78.2 Å². The number of hydrogen-bond acceptors (Lipinski definition) is 6. The molecule has 2 heterocycles. The van der Waals surface area contributed by atoms with Gasteiger partial charge >= 0.3 is 6.18 Å². The summed E-state index contributed by atoms with van der Waals surface area (Å²) < 4.78 is 57.2. The van der Waals surface area contributed by atoms with Gasteiger partial charge in [-0.15, -0.1) is 0 Å². The number of fused-ring (bicyclic) bond motifs is 1. The number of nitrogens with zero attached hydrogens (tertiary/aromatic N) is 3. The van der Waals surface area contributed by atoms with Crippen LogP contribution in [0.5, 0.6) is 0 Å². The summed E-state index contributed by atoms with van der Waals surface area (Å²) >= 11 is 0. The Morgan fingerprint density at radius 2 is 1.76 bits per heavy atom. The highest BCUT2D eigenvalue weighted by molar-refractivity contribution is 5.92. The second-order valence-electron chi connectivity index (χ2n) is 10.4. The zero-order valence-electron chi connectivity index (χ0n) is 22.3. The van der Waals surface area contributed by atoms with Crippen molar-refractivity contribution in [2.75, 3.05) is 17.6 Å². The lowest BCUT2D eigenvalue weighted by atomic mass is 9.97. The van der Waals surface area contributed by atoms with E-state index >= 15 is 4.39 Å². The molecular weight excluding hydrogens is 548 g/mol. The van der Waals surface area contributed by atoms with E-state index in [0.717, 1.165) is 46.6 Å². The SMILES string of the molecule is Nc1nccc2ccc(-n3nc(C(F)(F)F)cc3C(O)Nc3cc(C(NCC4CC4)c4ccccc4)ccc3F)cc12. The Hall–Kier alpha value is -4.48. The van der Waals surface area contributed by atoms with Crippen molar-refractivity contribution in [2.45, 2.75) is 31.3 Å². The molecule has 0 amide bonds. The van der Waals surface area contributed by atoms with Crippen molar-refractivity contribution < 1.29 is 22.7 Å². The Morgan fingerprint density at radius 3 is 2.50 bits per heavy atom. The molecular formula is C31H28F4N6O. The van der Waals surface area contributed by atoms with Gasteiger partial charge in [-0.25, -0.2) is 14.1 Å². The molecule has 3 aromatic carbocycles. The van der Waals surface area contributed by atoms with Crippen molar-refractivity contribution in [3.05, 3.63) is 113 Å². The molecule has 42 heavy (non-hydrogen) atoms. The third-order valence-electron chi connectivity index (χ3n) is 7.39. The van der Waals surface area contributed by atoms with Crippen LogP contribution in [0.2, 0.25) is 0 Å². The summed E-state index contributed by atoms with van der Waals surface area (Å²) in [5.41, 5.74) is 6.41. The minimum atomic E-state index is -4.78. The molecule has 0 aliphatic heterocycles. The van der Waals surface area contributed by atoms with Gasteiger partial charge in [0, 0.05) is 11.6 Å². The lowest BCUT2D eigenvalue weighted by molar-refractivity contribution is -0.141. The number of aliphatic hydroxyl groups is 1. The molecule has 1 saturated carbocycles. The van der Waals surface area contributed by atoms with E-state index < -0.39 is 23.9 Å². The van der Waals surface area contributed by atoms with Crippen molar-refractivity contribution in [1.29, 1.82) is 0 Å². The highest BCUT2D eigenvalue weighted by Gasteiger charge is 2.36. The highest BCUT2D eigenvalue weighted by atomic mass is 19.4. The second kappa shape index (κ2) is 11.1. The summed E-state index contributed by atoms with van der Waals surface area (Å²) in [5.74, 6) is 0.124. The predicted molar refractivity (Wildman–Crippen MR) is 152 cm³/mol. The van der Waals surface area contributed by atoms with Crippen molar-refractivity contribution in [3.63, 3.8) is 0 Å². The first-order valence-corrected chi connectivity index (χ1v) is 13.5. The number of nitrogen functional groups attached to an aromatic ring is 1. The number of benzene rings is 3. The van der Waals surface area contributed by atoms with Gasteiger partial charge in [-0.2, -0.15) is 18.3 Å². The maximum atomic E-state index is 15.1. The Balaban J connectivity index is 1.35. The van der Waals surface area contributed by atoms with Gasteiger partial charge in [-0.3, -0.25) is 0 Å². The second-order valence-corrected chi connectivity index (χ2v) is 10.4. The van der Waals surface area contributed by atoms with Crippen LogP contribution in [-0.4, -0.2) is 26.4 Å². The highest BCUT2D eigenvalue weighted by Crippen LogP contribution is 2.34. The van der Waals surface area contributed by atoms with Crippen LogP contribution in [0.4, 0.5) is 29.1 Å². The van der Waals surface area contributed by atoms with Crippen LogP contribution in [0.1, 0.15) is 47.6 Å². The molecule has 0 radical (unpaired) electrons. The number of rotatable bonds is 9. The summed E-state index contributed by atoms with van der Waals surface area (Å²) in [7, 11) is 0. The van der Waals surface area contributed by atoms with E-state index in [0.29, 0.717) is 11.3 Å². The number of nitrogens with two attached hydrogens (primary N) is 1. The first kappa shape index (κ1) is 27.7. The average molecular weight is 577 g/mol. The smallest absolute Gasteiger partial charge is 0.383 e. The molecule has 5 aromatic rings. The van der Waals surface area contributed by atoms with Crippen LogP contribution in [0.15, 0.2) is 85.1 Å². The third kappa shape index (κ3) is 5.79. The Bertz CT molecular complexity index is 1720. The Kier molecular flexibility index (Phi) is 7.29. The van der Waals surface area contributed by atoms with Crippen LogP contribution < -0.4 is 16.4 Å². The number of pyridine rings is 1. The number of hydrogen-bond donors (Lipinski definition) is 4. The van der Waals surface area contributed by atoms with Crippen molar-refractivity contribution in [3.8, 4) is 5.69 Å². The fourth-order valence-electron chi connectivity index (χ4n) is 4.98. The fraction of sp³-hybridized carbons (Fsp3) is 0.226. The number of alkyl halides is 3. The molecule has 7 nitrogen and oxygen atoms in total. The predicted octanol–water partition coefficient (Wildman–Crippen LogP) is 6.35. The molecule has 1 aliphatic carbocycles. The lowest BCUT2D eigenvalue weighted by Gasteiger charge is -2.22. The zero-order chi connectivity index (χ0) is 29.4. The molecule has 1 aliphatic rings. The van der Waals surface area contributed by atoms with Crippen LogP contribution in [0.3, 0.4) is 0 Å². The number of aromatic nitrogens is 3. The maximum absolute atomic E-state index is 15.1. The Labute approximate surface area is 239 Å². The molecule has 1 fully saturated rings. The molecule has 5 N–H and O–H groups in total. The van der Waals surface area contributed by atoms with E-state index in [1.165, 1.54) is 18.3 Å². The third-order valence-corrected chi connectivity index (χ3v) is 7.39. The molecule has 2 aromatic heterocycles. The van der Waals surface area contributed by atoms with E-state index in [4.69, 9.17) is 5.73 Å². The van der Waals surface area contributed by atoms with Crippen LogP contribution in [-0.2, 0) is 6.18 Å². The standard InChI is InChI=1S/C31H28F4N6O/c32-24-11-9-21(28(38-17-18-6-7-18)20-4-2-1-3-5-20)14-25(24)39-30(42)26-16-27(31(33,34)35)40-41(26)22-10-8-19-12-13-37-29(36)23(19)15-22/h1-5,8-16,18,28,30,38-39,42H,6-7,17H2,(H2,36,37). The number of halogens is 4. The number of aliphatic hydroxyl groups excluding tert-OH is 1. The van der Waals surface area contributed by atoms with E-state index in [9.17, 15) is 18.3 Å². The molecule has 2 unspecified atom stereocenters. The van der Waals surface area contributed by atoms with Crippen LogP contribution in [0.25, 0.3) is 16.5 Å². The van der Waals surface area contributed by atoms with Gasteiger partial charge in [0.2, 0.25) is 0 Å². The zero-order valence-corrected chi connectivity index (χ0v) is 22.3. The van der Waals surface area contributed by atoms with Gasteiger partial charge < -0.3 is 21.5 Å². The normalized spacial score (nSPS) is 15.1. The summed E-state index contributed by atoms with van der Waals surface area (Å²) in [6, 6.07) is 21.2. The molecule has 216 valence electrons. The quantitative estimate of drug-likeness (QED) is 0.121. The molecule has 2 atom stereocenters. The fourth-order valence-corrected chi connectivity index (χ4v) is 4.98. The number of nitrogens with one attached hydrogen (secondary N) is 2. The minimum absolute atomic E-state index is 0.0672. The van der Waals surface area contributed by atoms with E-state index in [-0.39, 0.29) is 28.9 Å². The largest absolute Gasteiger partial charge is 0.435 e. The average Bonchev–Trinajstić information content (AvgIpc) is 3.68. The van der Waals surface area contributed by atoms with Crippen molar-refractivity contribution >= 4 is 22.3 Å². The maximum Gasteiger partial charge on any atom is 0.435 e. The van der Waals surface area contributed by atoms with Crippen LogP contribution >= 0.6 is 0 Å². The summed E-state index contributed by atoms with van der Waals surface area (Å²) in [6.07, 6.45) is -2.68. The minimum Gasteiger partial charge on any atom is -0.383 e. The summed E-state index contributed by atoms with van der Waals surface area (Å²) in [4.78, 5) is 4.04. The van der Waals surface area contributed by atoms with Crippen molar-refractivity contribution in [2.24, 2.45) is 5.92 Å². The van der Waals surface area contributed by atoms with Gasteiger partial charge in [-0.1, -0.05) is 42.5 Å². The topological polar surface area (TPSA) is 101 Å². The van der Waals surface area contributed by atoms with Crippen molar-refractivity contribution in [1.82, 2.24) is 20.1 Å². The van der Waals surface area contributed by atoms with Gasteiger partial charge in [0.15, 0.2) is 11.9 Å². The van der Waals surface area contributed by atoms with E-state index in [2.05, 4.69) is 20.7 Å². The van der Waals surface area contributed by atoms with Gasteiger partial charge in [0.25, 0.3) is 0 Å². The first-order valence-electron chi connectivity index (χ1n) is 13.5. The number of anilines is 2. The lowest BCUT2D eigenvalue weighted by Crippen LogP contribution is -2.25. The van der Waals surface area contributed by atoms with E-state index in [1.807, 2.05) is 30.3 Å². The van der Waals surface area contributed by atoms with E-state index in [1.54, 1.807) is 30.3 Å². The summed E-state index contributed by atoms with van der Waals surface area (Å²) in [6.45, 7) is 0.799. The van der Waals surface area contributed by atoms with Crippen LogP contribution in [0, 0.1) is 11.7 Å². The van der Waals surface area contributed by atoms with Gasteiger partial charge in [0.05, 0.1) is 23.1 Å². The first-order chi connectivity index (χ1) is 20.2. The van der Waals surface area contributed by atoms with Gasteiger partial charge in [0.1, 0.15) is 11.6 Å². The molecule has 0 saturated heterocycles.